The van der Waals surface area contributed by atoms with Gasteiger partial charge in [0.05, 0.1) is 18.6 Å². The maximum Gasteiger partial charge on any atom is 0.247 e. The van der Waals surface area contributed by atoms with E-state index in [9.17, 15) is 16.8 Å². The first kappa shape index (κ1) is 17.7. The molecule has 1 aliphatic heterocycles. The van der Waals surface area contributed by atoms with E-state index in [1.54, 1.807) is 19.1 Å². The highest BCUT2D eigenvalue weighted by Gasteiger charge is 2.39. The molecule has 124 valence electrons. The van der Waals surface area contributed by atoms with Crippen LogP contribution in [0.25, 0.3) is 0 Å². The van der Waals surface area contributed by atoms with Gasteiger partial charge < -0.3 is 4.74 Å². The Bertz CT molecular complexity index is 761. The van der Waals surface area contributed by atoms with Gasteiger partial charge in [-0.1, -0.05) is 22.9 Å². The molecule has 0 aromatic heterocycles. The molecule has 6 nitrogen and oxygen atoms in total. The first-order valence-electron chi connectivity index (χ1n) is 6.77. The normalized spacial score (nSPS) is 21.2. The minimum atomic E-state index is -3.84. The van der Waals surface area contributed by atoms with Gasteiger partial charge in [-0.3, -0.25) is 0 Å². The van der Waals surface area contributed by atoms with Gasteiger partial charge in [0, 0.05) is 17.1 Å². The maximum atomic E-state index is 12.9. The summed E-state index contributed by atoms with van der Waals surface area (Å²) in [5.41, 5.74) is 0. The number of benzene rings is 1. The summed E-state index contributed by atoms with van der Waals surface area (Å²) in [5.74, 6) is 0.137. The number of sulfone groups is 1. The second-order valence-corrected chi connectivity index (χ2v) is 10.1. The Labute approximate surface area is 139 Å². The maximum absolute atomic E-state index is 12.9. The van der Waals surface area contributed by atoms with Gasteiger partial charge in [0.15, 0.2) is 9.84 Å². The van der Waals surface area contributed by atoms with E-state index >= 15 is 0 Å². The molecule has 0 unspecified atom stereocenters. The summed E-state index contributed by atoms with van der Waals surface area (Å²) in [6, 6.07) is 4.20. The van der Waals surface area contributed by atoms with Crippen molar-refractivity contribution in [2.45, 2.75) is 24.3 Å². The molecular weight excluding hydrogens is 394 g/mol. The van der Waals surface area contributed by atoms with E-state index in [4.69, 9.17) is 4.74 Å². The number of hydrogen-bond acceptors (Lipinski definition) is 5. The molecule has 1 aromatic carbocycles. The molecule has 1 atom stereocenters. The first-order chi connectivity index (χ1) is 10.2. The highest BCUT2D eigenvalue weighted by molar-refractivity contribution is 9.10. The van der Waals surface area contributed by atoms with E-state index in [1.807, 2.05) is 0 Å². The highest BCUT2D eigenvalue weighted by Crippen LogP contribution is 2.32. The van der Waals surface area contributed by atoms with Crippen molar-refractivity contribution in [1.29, 1.82) is 0 Å². The lowest BCUT2D eigenvalue weighted by Crippen LogP contribution is -2.41. The Balaban J connectivity index is 2.46. The third-order valence-corrected chi connectivity index (χ3v) is 7.93. The van der Waals surface area contributed by atoms with Crippen molar-refractivity contribution >= 4 is 35.8 Å². The smallest absolute Gasteiger partial charge is 0.247 e. The lowest BCUT2D eigenvalue weighted by atomic mass is 10.3. The van der Waals surface area contributed by atoms with Crippen LogP contribution in [0.4, 0.5) is 0 Å². The SMILES string of the molecule is CCN([C@@H]1CCS(=O)(=O)C1)S(=O)(=O)c1cc(Br)ccc1OC. The molecule has 1 heterocycles. The van der Waals surface area contributed by atoms with E-state index in [1.165, 1.54) is 17.5 Å². The molecule has 1 aromatic rings. The van der Waals surface area contributed by atoms with E-state index in [2.05, 4.69) is 15.9 Å². The van der Waals surface area contributed by atoms with Crippen LogP contribution in [-0.2, 0) is 19.9 Å². The Hall–Kier alpha value is -0.640. The molecule has 22 heavy (non-hydrogen) atoms. The van der Waals surface area contributed by atoms with Crippen molar-refractivity contribution in [3.05, 3.63) is 22.7 Å². The third-order valence-electron chi connectivity index (χ3n) is 3.64. The number of halogens is 1. The second kappa shape index (κ2) is 6.46. The van der Waals surface area contributed by atoms with E-state index in [-0.39, 0.29) is 28.7 Å². The summed E-state index contributed by atoms with van der Waals surface area (Å²) in [5, 5.41) is 0. The lowest BCUT2D eigenvalue weighted by molar-refractivity contribution is 0.349. The molecule has 1 fully saturated rings. The monoisotopic (exact) mass is 411 g/mol. The zero-order chi connectivity index (χ0) is 16.5. The van der Waals surface area contributed by atoms with E-state index in [0.29, 0.717) is 10.9 Å². The average Bonchev–Trinajstić information content (AvgIpc) is 2.79. The molecule has 0 N–H and O–H groups in total. The molecule has 0 radical (unpaired) electrons. The summed E-state index contributed by atoms with van der Waals surface area (Å²) in [7, 11) is -5.60. The zero-order valence-electron chi connectivity index (χ0n) is 12.3. The molecule has 0 spiro atoms. The van der Waals surface area contributed by atoms with Crippen LogP contribution in [0.15, 0.2) is 27.6 Å². The first-order valence-corrected chi connectivity index (χ1v) is 10.8. The predicted octanol–water partition coefficient (Wildman–Crippen LogP) is 1.66. The highest BCUT2D eigenvalue weighted by atomic mass is 79.9. The third kappa shape index (κ3) is 3.47. The summed E-state index contributed by atoms with van der Waals surface area (Å²) in [6.07, 6.45) is 0.325. The molecule has 2 rings (SSSR count). The van der Waals surface area contributed by atoms with Crippen molar-refractivity contribution in [1.82, 2.24) is 4.31 Å². The topological polar surface area (TPSA) is 80.8 Å². The average molecular weight is 412 g/mol. The van der Waals surface area contributed by atoms with Crippen LogP contribution in [0.5, 0.6) is 5.75 Å². The molecule has 0 saturated carbocycles. The Kier molecular flexibility index (Phi) is 5.20. The van der Waals surface area contributed by atoms with Crippen molar-refractivity contribution in [2.75, 3.05) is 25.2 Å². The van der Waals surface area contributed by atoms with Crippen LogP contribution >= 0.6 is 15.9 Å². The fraction of sp³-hybridized carbons (Fsp3) is 0.538. The fourth-order valence-electron chi connectivity index (χ4n) is 2.61. The van der Waals surface area contributed by atoms with Gasteiger partial charge in [-0.2, -0.15) is 4.31 Å². The number of nitrogens with zero attached hydrogens (tertiary/aromatic N) is 1. The van der Waals surface area contributed by atoms with Crippen LogP contribution in [0.3, 0.4) is 0 Å². The van der Waals surface area contributed by atoms with Gasteiger partial charge in [-0.25, -0.2) is 16.8 Å². The minimum Gasteiger partial charge on any atom is -0.495 e. The zero-order valence-corrected chi connectivity index (χ0v) is 15.5. The Morgan fingerprint density at radius 1 is 1.41 bits per heavy atom. The number of hydrogen-bond donors (Lipinski definition) is 0. The number of sulfonamides is 1. The van der Waals surface area contributed by atoms with Gasteiger partial charge in [-0.05, 0) is 24.6 Å². The van der Waals surface area contributed by atoms with Crippen molar-refractivity contribution in [2.24, 2.45) is 0 Å². The summed E-state index contributed by atoms with van der Waals surface area (Å²) in [4.78, 5) is 0.0375. The second-order valence-electron chi connectivity index (χ2n) is 5.06. The van der Waals surface area contributed by atoms with Gasteiger partial charge in [0.2, 0.25) is 10.0 Å². The van der Waals surface area contributed by atoms with Gasteiger partial charge in [-0.15, -0.1) is 0 Å². The summed E-state index contributed by atoms with van der Waals surface area (Å²) < 4.78 is 56.1. The van der Waals surface area contributed by atoms with Crippen LogP contribution in [0.2, 0.25) is 0 Å². The van der Waals surface area contributed by atoms with Crippen molar-refractivity contribution in [3.8, 4) is 5.75 Å². The standard InChI is InChI=1S/C13H18BrNO5S2/c1-3-15(11-6-7-21(16,17)9-11)22(18,19)13-8-10(14)4-5-12(13)20-2/h4-5,8,11H,3,6-7,9H2,1-2H3/t11-/m1/s1. The van der Waals surface area contributed by atoms with E-state index in [0.717, 1.165) is 0 Å². The minimum absolute atomic E-state index is 0.0271. The Morgan fingerprint density at radius 3 is 2.59 bits per heavy atom. The molecule has 9 heteroatoms. The molecular formula is C13H18BrNO5S2. The lowest BCUT2D eigenvalue weighted by Gasteiger charge is -2.26. The number of ether oxygens (including phenoxy) is 1. The quantitative estimate of drug-likeness (QED) is 0.735. The van der Waals surface area contributed by atoms with Gasteiger partial charge in [0.1, 0.15) is 10.6 Å². The molecule has 0 bridgehead atoms. The van der Waals surface area contributed by atoms with Gasteiger partial charge in [0.25, 0.3) is 0 Å². The van der Waals surface area contributed by atoms with Crippen LogP contribution in [0.1, 0.15) is 13.3 Å². The largest absolute Gasteiger partial charge is 0.495 e. The predicted molar refractivity (Wildman–Crippen MR) is 87.3 cm³/mol. The van der Waals surface area contributed by atoms with Crippen LogP contribution < -0.4 is 4.74 Å². The molecule has 0 aliphatic carbocycles. The number of methoxy groups -OCH3 is 1. The van der Waals surface area contributed by atoms with Crippen molar-refractivity contribution in [3.63, 3.8) is 0 Å². The number of rotatable bonds is 5. The van der Waals surface area contributed by atoms with Gasteiger partial charge >= 0.3 is 0 Å². The Morgan fingerprint density at radius 2 is 2.09 bits per heavy atom. The van der Waals surface area contributed by atoms with Crippen LogP contribution in [-0.4, -0.2) is 52.3 Å². The molecule has 1 aliphatic rings. The summed E-state index contributed by atoms with van der Waals surface area (Å²) in [6.45, 7) is 1.91. The van der Waals surface area contributed by atoms with Crippen molar-refractivity contribution < 1.29 is 21.6 Å². The van der Waals surface area contributed by atoms with E-state index < -0.39 is 25.9 Å². The molecule has 1 saturated heterocycles. The fourth-order valence-corrected chi connectivity index (χ4v) is 6.79. The summed E-state index contributed by atoms with van der Waals surface area (Å²) >= 11 is 3.26. The van der Waals surface area contributed by atoms with Crippen LogP contribution in [0, 0.1) is 0 Å². The molecule has 0 amide bonds.